The fourth-order valence-corrected chi connectivity index (χ4v) is 3.91. The third-order valence-electron chi connectivity index (χ3n) is 5.66. The maximum atomic E-state index is 12.3. The standard InChI is InChI=1S/C20H30N2O2/c1-15-9-11-22(12-10-15)14-17-6-3-2-5-16(17)13-21-20(24)18-7-4-8-19(18)23/h2-3,5-6,15,18-19,23H,4,7-14H2,1H3,(H,21,24). The van der Waals surface area contributed by atoms with Crippen LogP contribution in [0.25, 0.3) is 0 Å². The molecular weight excluding hydrogens is 300 g/mol. The van der Waals surface area contributed by atoms with Crippen LogP contribution in [0.15, 0.2) is 24.3 Å². The molecule has 3 rings (SSSR count). The molecule has 1 aliphatic heterocycles. The van der Waals surface area contributed by atoms with Crippen LogP contribution in [0.1, 0.15) is 50.2 Å². The minimum atomic E-state index is -0.462. The van der Waals surface area contributed by atoms with Crippen molar-refractivity contribution in [1.82, 2.24) is 10.2 Å². The van der Waals surface area contributed by atoms with Gasteiger partial charge in [-0.3, -0.25) is 9.69 Å². The second kappa shape index (κ2) is 8.13. The predicted molar refractivity (Wildman–Crippen MR) is 95.3 cm³/mol. The Labute approximate surface area is 145 Å². The van der Waals surface area contributed by atoms with Gasteiger partial charge in [-0.2, -0.15) is 0 Å². The topological polar surface area (TPSA) is 52.6 Å². The van der Waals surface area contributed by atoms with Gasteiger partial charge in [0.05, 0.1) is 12.0 Å². The third kappa shape index (κ3) is 4.37. The second-order valence-electron chi connectivity index (χ2n) is 7.55. The summed E-state index contributed by atoms with van der Waals surface area (Å²) in [5.41, 5.74) is 2.50. The molecule has 2 aliphatic rings. The molecule has 2 atom stereocenters. The lowest BCUT2D eigenvalue weighted by atomic mass is 9.98. The van der Waals surface area contributed by atoms with Crippen molar-refractivity contribution in [2.24, 2.45) is 11.8 Å². The lowest BCUT2D eigenvalue weighted by Gasteiger charge is -2.30. The summed E-state index contributed by atoms with van der Waals surface area (Å²) in [5, 5.41) is 12.9. The molecule has 1 saturated carbocycles. The summed E-state index contributed by atoms with van der Waals surface area (Å²) in [7, 11) is 0. The van der Waals surface area contributed by atoms with E-state index in [2.05, 4.69) is 35.3 Å². The first-order valence-corrected chi connectivity index (χ1v) is 9.38. The SMILES string of the molecule is CC1CCN(Cc2ccccc2CNC(=O)C2CCCC2O)CC1. The first-order chi connectivity index (χ1) is 11.6. The van der Waals surface area contributed by atoms with Crippen LogP contribution in [-0.2, 0) is 17.9 Å². The van der Waals surface area contributed by atoms with E-state index in [0.29, 0.717) is 6.54 Å². The average molecular weight is 330 g/mol. The lowest BCUT2D eigenvalue weighted by Crippen LogP contribution is -2.35. The van der Waals surface area contributed by atoms with E-state index in [1.807, 2.05) is 6.07 Å². The van der Waals surface area contributed by atoms with Crippen LogP contribution in [0.5, 0.6) is 0 Å². The number of nitrogens with zero attached hydrogens (tertiary/aromatic N) is 1. The summed E-state index contributed by atoms with van der Waals surface area (Å²) in [6, 6.07) is 8.39. The van der Waals surface area contributed by atoms with Crippen molar-refractivity contribution in [3.8, 4) is 0 Å². The highest BCUT2D eigenvalue weighted by Crippen LogP contribution is 2.26. The smallest absolute Gasteiger partial charge is 0.225 e. The number of rotatable bonds is 5. The summed E-state index contributed by atoms with van der Waals surface area (Å²) in [4.78, 5) is 14.8. The molecule has 0 radical (unpaired) electrons. The number of nitrogens with one attached hydrogen (secondary N) is 1. The Hall–Kier alpha value is -1.39. The van der Waals surface area contributed by atoms with E-state index >= 15 is 0 Å². The highest BCUT2D eigenvalue weighted by Gasteiger charge is 2.31. The van der Waals surface area contributed by atoms with Gasteiger partial charge in [-0.05, 0) is 62.2 Å². The van der Waals surface area contributed by atoms with Gasteiger partial charge < -0.3 is 10.4 Å². The van der Waals surface area contributed by atoms with Crippen LogP contribution in [0.4, 0.5) is 0 Å². The molecule has 2 unspecified atom stereocenters. The Morgan fingerprint density at radius 1 is 1.17 bits per heavy atom. The zero-order valence-corrected chi connectivity index (χ0v) is 14.7. The van der Waals surface area contributed by atoms with Crippen LogP contribution in [-0.4, -0.2) is 35.1 Å². The number of likely N-dealkylation sites (tertiary alicyclic amines) is 1. The molecule has 1 amide bonds. The molecule has 2 fully saturated rings. The maximum Gasteiger partial charge on any atom is 0.225 e. The van der Waals surface area contributed by atoms with Crippen molar-refractivity contribution in [2.45, 2.75) is 58.2 Å². The zero-order chi connectivity index (χ0) is 16.9. The van der Waals surface area contributed by atoms with Gasteiger partial charge in [0.25, 0.3) is 0 Å². The van der Waals surface area contributed by atoms with E-state index in [4.69, 9.17) is 0 Å². The van der Waals surface area contributed by atoms with E-state index in [9.17, 15) is 9.90 Å². The van der Waals surface area contributed by atoms with Gasteiger partial charge in [0.2, 0.25) is 5.91 Å². The van der Waals surface area contributed by atoms with Gasteiger partial charge in [-0.1, -0.05) is 31.2 Å². The second-order valence-corrected chi connectivity index (χ2v) is 7.55. The van der Waals surface area contributed by atoms with Gasteiger partial charge in [0.1, 0.15) is 0 Å². The van der Waals surface area contributed by atoms with Gasteiger partial charge in [-0.15, -0.1) is 0 Å². The van der Waals surface area contributed by atoms with Crippen LogP contribution in [0, 0.1) is 11.8 Å². The van der Waals surface area contributed by atoms with Gasteiger partial charge >= 0.3 is 0 Å². The van der Waals surface area contributed by atoms with E-state index in [1.54, 1.807) is 0 Å². The van der Waals surface area contributed by atoms with E-state index < -0.39 is 6.10 Å². The van der Waals surface area contributed by atoms with E-state index in [1.165, 1.54) is 24.0 Å². The first-order valence-electron chi connectivity index (χ1n) is 9.38. The van der Waals surface area contributed by atoms with Crippen LogP contribution in [0.3, 0.4) is 0 Å². The van der Waals surface area contributed by atoms with Crippen molar-refractivity contribution in [2.75, 3.05) is 13.1 Å². The molecule has 4 heteroatoms. The largest absolute Gasteiger partial charge is 0.392 e. The Bertz CT molecular complexity index is 552. The van der Waals surface area contributed by atoms with Gasteiger partial charge in [0, 0.05) is 13.1 Å². The Morgan fingerprint density at radius 3 is 2.54 bits per heavy atom. The fraction of sp³-hybridized carbons (Fsp3) is 0.650. The summed E-state index contributed by atoms with van der Waals surface area (Å²) in [5.74, 6) is 0.621. The minimum absolute atomic E-state index is 0.00148. The number of hydrogen-bond donors (Lipinski definition) is 2. The number of carbonyl (C=O) groups excluding carboxylic acids is 1. The molecule has 132 valence electrons. The molecule has 1 aromatic carbocycles. The molecule has 1 aromatic rings. The normalized spacial score (nSPS) is 25.8. The highest BCUT2D eigenvalue weighted by atomic mass is 16.3. The van der Waals surface area contributed by atoms with Crippen molar-refractivity contribution >= 4 is 5.91 Å². The Morgan fingerprint density at radius 2 is 1.88 bits per heavy atom. The van der Waals surface area contributed by atoms with Gasteiger partial charge in [0.15, 0.2) is 0 Å². The molecular formula is C20H30N2O2. The van der Waals surface area contributed by atoms with Crippen LogP contribution < -0.4 is 5.32 Å². The molecule has 0 spiro atoms. The molecule has 0 aromatic heterocycles. The average Bonchev–Trinajstić information content (AvgIpc) is 3.02. The number of aliphatic hydroxyl groups is 1. The summed E-state index contributed by atoms with van der Waals surface area (Å²) in [6.45, 7) is 6.18. The quantitative estimate of drug-likeness (QED) is 0.873. The number of benzene rings is 1. The van der Waals surface area contributed by atoms with Crippen molar-refractivity contribution in [3.05, 3.63) is 35.4 Å². The molecule has 0 bridgehead atoms. The number of aliphatic hydroxyl groups excluding tert-OH is 1. The highest BCUT2D eigenvalue weighted by molar-refractivity contribution is 5.79. The maximum absolute atomic E-state index is 12.3. The number of piperidine rings is 1. The minimum Gasteiger partial charge on any atom is -0.392 e. The van der Waals surface area contributed by atoms with Crippen molar-refractivity contribution < 1.29 is 9.90 Å². The number of hydrogen-bond acceptors (Lipinski definition) is 3. The monoisotopic (exact) mass is 330 g/mol. The molecule has 1 aliphatic carbocycles. The summed E-state index contributed by atoms with van der Waals surface area (Å²) < 4.78 is 0. The number of amides is 1. The molecule has 1 heterocycles. The molecule has 4 nitrogen and oxygen atoms in total. The van der Waals surface area contributed by atoms with Crippen molar-refractivity contribution in [3.63, 3.8) is 0 Å². The first kappa shape index (κ1) is 17.4. The van der Waals surface area contributed by atoms with Crippen molar-refractivity contribution in [1.29, 1.82) is 0 Å². The predicted octanol–water partition coefficient (Wildman–Crippen LogP) is 2.70. The van der Waals surface area contributed by atoms with Gasteiger partial charge in [-0.25, -0.2) is 0 Å². The molecule has 24 heavy (non-hydrogen) atoms. The van der Waals surface area contributed by atoms with Crippen LogP contribution in [0.2, 0.25) is 0 Å². The van der Waals surface area contributed by atoms with E-state index in [-0.39, 0.29) is 11.8 Å². The molecule has 2 N–H and O–H groups in total. The van der Waals surface area contributed by atoms with Crippen LogP contribution >= 0.6 is 0 Å². The lowest BCUT2D eigenvalue weighted by molar-refractivity contribution is -0.127. The Balaban J connectivity index is 1.56. The summed E-state index contributed by atoms with van der Waals surface area (Å²) in [6.07, 6.45) is 4.60. The zero-order valence-electron chi connectivity index (χ0n) is 14.7. The summed E-state index contributed by atoms with van der Waals surface area (Å²) >= 11 is 0. The Kier molecular flexibility index (Phi) is 5.90. The fourth-order valence-electron chi connectivity index (χ4n) is 3.91. The third-order valence-corrected chi connectivity index (χ3v) is 5.66. The number of carbonyl (C=O) groups is 1. The van der Waals surface area contributed by atoms with E-state index in [0.717, 1.165) is 44.8 Å². The molecule has 1 saturated heterocycles.